The average molecular weight is 338 g/mol. The SMILES string of the molecule is CC1CN(C(=O)C2COc3ccccc3C2)CCC1Br. The maximum atomic E-state index is 12.6. The van der Waals surface area contributed by atoms with Gasteiger partial charge in [-0.2, -0.15) is 0 Å². The summed E-state index contributed by atoms with van der Waals surface area (Å²) >= 11 is 3.68. The van der Waals surface area contributed by atoms with Crippen LogP contribution in [0.15, 0.2) is 24.3 Å². The van der Waals surface area contributed by atoms with Gasteiger partial charge in [0.15, 0.2) is 0 Å². The predicted octanol–water partition coefficient (Wildman–Crippen LogP) is 2.87. The van der Waals surface area contributed by atoms with Crippen molar-refractivity contribution >= 4 is 21.8 Å². The van der Waals surface area contributed by atoms with Gasteiger partial charge in [0.1, 0.15) is 12.4 Å². The fourth-order valence-electron chi connectivity index (χ4n) is 3.06. The zero-order chi connectivity index (χ0) is 14.1. The Labute approximate surface area is 128 Å². The summed E-state index contributed by atoms with van der Waals surface area (Å²) in [5, 5.41) is 0. The molecule has 0 aromatic heterocycles. The highest BCUT2D eigenvalue weighted by Crippen LogP contribution is 2.29. The van der Waals surface area contributed by atoms with Crippen LogP contribution in [0.25, 0.3) is 0 Å². The van der Waals surface area contributed by atoms with Crippen LogP contribution in [0.1, 0.15) is 18.9 Å². The van der Waals surface area contributed by atoms with Gasteiger partial charge in [0.05, 0.1) is 5.92 Å². The summed E-state index contributed by atoms with van der Waals surface area (Å²) in [7, 11) is 0. The Hall–Kier alpha value is -1.03. The zero-order valence-corrected chi connectivity index (χ0v) is 13.3. The van der Waals surface area contributed by atoms with E-state index in [0.717, 1.165) is 37.2 Å². The fraction of sp³-hybridized carbons (Fsp3) is 0.562. The lowest BCUT2D eigenvalue weighted by molar-refractivity contribution is -0.138. The second kappa shape index (κ2) is 5.76. The van der Waals surface area contributed by atoms with Crippen molar-refractivity contribution in [2.75, 3.05) is 19.7 Å². The second-order valence-electron chi connectivity index (χ2n) is 5.89. The molecule has 2 aliphatic rings. The van der Waals surface area contributed by atoms with E-state index in [9.17, 15) is 4.79 Å². The number of alkyl halides is 1. The Morgan fingerprint density at radius 3 is 3.00 bits per heavy atom. The standard InChI is InChI=1S/C16H20BrNO2/c1-11-9-18(7-6-14(11)17)16(19)13-8-12-4-2-3-5-15(12)20-10-13/h2-5,11,13-14H,6-10H2,1H3. The van der Waals surface area contributed by atoms with Gasteiger partial charge >= 0.3 is 0 Å². The van der Waals surface area contributed by atoms with E-state index in [2.05, 4.69) is 28.9 Å². The molecular weight excluding hydrogens is 318 g/mol. The number of fused-ring (bicyclic) bond motifs is 1. The molecular formula is C16H20BrNO2. The van der Waals surface area contributed by atoms with Crippen LogP contribution in [0.5, 0.6) is 5.75 Å². The summed E-state index contributed by atoms with van der Waals surface area (Å²) < 4.78 is 5.74. The molecule has 2 heterocycles. The molecule has 3 nitrogen and oxygen atoms in total. The van der Waals surface area contributed by atoms with Crippen molar-refractivity contribution in [3.63, 3.8) is 0 Å². The van der Waals surface area contributed by atoms with E-state index in [4.69, 9.17) is 4.74 Å². The molecule has 1 aromatic rings. The lowest BCUT2D eigenvalue weighted by Crippen LogP contribution is -2.47. The fourth-order valence-corrected chi connectivity index (χ4v) is 3.43. The third kappa shape index (κ3) is 2.71. The molecule has 0 bridgehead atoms. The highest BCUT2D eigenvalue weighted by atomic mass is 79.9. The number of hydrogen-bond acceptors (Lipinski definition) is 2. The topological polar surface area (TPSA) is 29.5 Å². The van der Waals surface area contributed by atoms with E-state index in [0.29, 0.717) is 17.4 Å². The summed E-state index contributed by atoms with van der Waals surface area (Å²) in [6.45, 7) is 4.42. The monoisotopic (exact) mass is 337 g/mol. The number of nitrogens with zero attached hydrogens (tertiary/aromatic N) is 1. The quantitative estimate of drug-likeness (QED) is 0.737. The maximum absolute atomic E-state index is 12.6. The Bertz CT molecular complexity index is 505. The molecule has 4 heteroatoms. The van der Waals surface area contributed by atoms with Crippen molar-refractivity contribution in [3.05, 3.63) is 29.8 Å². The number of rotatable bonds is 1. The van der Waals surface area contributed by atoms with E-state index in [1.54, 1.807) is 0 Å². The number of carbonyl (C=O) groups excluding carboxylic acids is 1. The number of halogens is 1. The van der Waals surface area contributed by atoms with Crippen molar-refractivity contribution in [1.82, 2.24) is 4.90 Å². The highest BCUT2D eigenvalue weighted by Gasteiger charge is 2.33. The first-order chi connectivity index (χ1) is 9.65. The molecule has 0 N–H and O–H groups in total. The highest BCUT2D eigenvalue weighted by molar-refractivity contribution is 9.09. The molecule has 1 amide bonds. The van der Waals surface area contributed by atoms with Crippen LogP contribution in [0, 0.1) is 11.8 Å². The number of ether oxygens (including phenoxy) is 1. The molecule has 3 rings (SSSR count). The molecule has 3 unspecified atom stereocenters. The third-order valence-electron chi connectivity index (χ3n) is 4.34. The van der Waals surface area contributed by atoms with Gasteiger partial charge in [-0.3, -0.25) is 4.79 Å². The second-order valence-corrected chi connectivity index (χ2v) is 7.06. The molecule has 0 saturated carbocycles. The Morgan fingerprint density at radius 1 is 1.40 bits per heavy atom. The molecule has 108 valence electrons. The number of para-hydroxylation sites is 1. The van der Waals surface area contributed by atoms with Crippen LogP contribution in [0.4, 0.5) is 0 Å². The molecule has 0 radical (unpaired) electrons. The normalized spacial score (nSPS) is 29.5. The summed E-state index contributed by atoms with van der Waals surface area (Å²) in [5.41, 5.74) is 1.15. The van der Waals surface area contributed by atoms with Gasteiger partial charge in [0.25, 0.3) is 0 Å². The van der Waals surface area contributed by atoms with E-state index in [1.807, 2.05) is 23.1 Å². The minimum absolute atomic E-state index is 0.0241. The van der Waals surface area contributed by atoms with Crippen molar-refractivity contribution < 1.29 is 9.53 Å². The lowest BCUT2D eigenvalue weighted by atomic mass is 9.93. The first kappa shape index (κ1) is 13.9. The van der Waals surface area contributed by atoms with Crippen LogP contribution in [-0.4, -0.2) is 35.3 Å². The van der Waals surface area contributed by atoms with Crippen LogP contribution in [-0.2, 0) is 11.2 Å². The largest absolute Gasteiger partial charge is 0.492 e. The van der Waals surface area contributed by atoms with Crippen molar-refractivity contribution in [1.29, 1.82) is 0 Å². The van der Waals surface area contributed by atoms with Gasteiger partial charge in [-0.05, 0) is 30.4 Å². The Kier molecular flexibility index (Phi) is 4.01. The van der Waals surface area contributed by atoms with Gasteiger partial charge in [0.2, 0.25) is 5.91 Å². The molecule has 3 atom stereocenters. The number of amides is 1. The Morgan fingerprint density at radius 2 is 2.20 bits per heavy atom. The molecule has 20 heavy (non-hydrogen) atoms. The summed E-state index contributed by atoms with van der Waals surface area (Å²) in [6.07, 6.45) is 1.84. The van der Waals surface area contributed by atoms with Crippen LogP contribution >= 0.6 is 15.9 Å². The molecule has 0 spiro atoms. The zero-order valence-electron chi connectivity index (χ0n) is 11.7. The molecule has 1 aromatic carbocycles. The minimum Gasteiger partial charge on any atom is -0.492 e. The molecule has 1 saturated heterocycles. The van der Waals surface area contributed by atoms with Gasteiger partial charge in [-0.1, -0.05) is 41.1 Å². The smallest absolute Gasteiger partial charge is 0.229 e. The van der Waals surface area contributed by atoms with Crippen LogP contribution < -0.4 is 4.74 Å². The minimum atomic E-state index is -0.0241. The summed E-state index contributed by atoms with van der Waals surface area (Å²) in [5.74, 6) is 1.68. The maximum Gasteiger partial charge on any atom is 0.229 e. The van der Waals surface area contributed by atoms with Crippen molar-refractivity contribution in [2.45, 2.75) is 24.6 Å². The molecule has 2 aliphatic heterocycles. The van der Waals surface area contributed by atoms with Crippen molar-refractivity contribution in [2.24, 2.45) is 11.8 Å². The Balaban J connectivity index is 1.67. The number of hydrogen-bond donors (Lipinski definition) is 0. The average Bonchev–Trinajstić information content (AvgIpc) is 2.49. The predicted molar refractivity (Wildman–Crippen MR) is 82.2 cm³/mol. The van der Waals surface area contributed by atoms with Gasteiger partial charge in [-0.15, -0.1) is 0 Å². The van der Waals surface area contributed by atoms with E-state index in [1.165, 1.54) is 0 Å². The number of piperidine rings is 1. The van der Waals surface area contributed by atoms with Gasteiger partial charge in [-0.25, -0.2) is 0 Å². The number of likely N-dealkylation sites (tertiary alicyclic amines) is 1. The lowest BCUT2D eigenvalue weighted by Gasteiger charge is -2.37. The third-order valence-corrected chi connectivity index (χ3v) is 5.70. The first-order valence-corrected chi connectivity index (χ1v) is 8.20. The van der Waals surface area contributed by atoms with Crippen LogP contribution in [0.3, 0.4) is 0 Å². The van der Waals surface area contributed by atoms with E-state index < -0.39 is 0 Å². The van der Waals surface area contributed by atoms with Crippen molar-refractivity contribution in [3.8, 4) is 5.75 Å². The van der Waals surface area contributed by atoms with E-state index in [-0.39, 0.29) is 11.8 Å². The van der Waals surface area contributed by atoms with Gasteiger partial charge in [0, 0.05) is 17.9 Å². The van der Waals surface area contributed by atoms with Crippen LogP contribution in [0.2, 0.25) is 0 Å². The number of carbonyl (C=O) groups is 1. The first-order valence-electron chi connectivity index (χ1n) is 7.28. The summed E-state index contributed by atoms with van der Waals surface area (Å²) in [4.78, 5) is 15.2. The molecule has 1 fully saturated rings. The summed E-state index contributed by atoms with van der Waals surface area (Å²) in [6, 6.07) is 8.02. The number of benzene rings is 1. The molecule has 0 aliphatic carbocycles. The van der Waals surface area contributed by atoms with Gasteiger partial charge < -0.3 is 9.64 Å². The van der Waals surface area contributed by atoms with E-state index >= 15 is 0 Å².